The fourth-order valence-corrected chi connectivity index (χ4v) is 20.4. The molecule has 0 unspecified atom stereocenters. The number of furan rings is 3. The third-order valence-electron chi connectivity index (χ3n) is 25.9. The zero-order chi connectivity index (χ0) is 77.7. The van der Waals surface area contributed by atoms with Gasteiger partial charge in [-0.3, -0.25) is 0 Å². The fourth-order valence-electron chi connectivity index (χ4n) is 20.4. The van der Waals surface area contributed by atoms with Gasteiger partial charge in [0.2, 0.25) is 0 Å². The Morgan fingerprint density at radius 3 is 0.782 bits per heavy atom. The van der Waals surface area contributed by atoms with Crippen LogP contribution in [0.15, 0.2) is 414 Å². The van der Waals surface area contributed by atoms with Gasteiger partial charge in [0.05, 0.1) is 0 Å². The number of benzene rings is 23. The zero-order valence-corrected chi connectivity index (χ0v) is 64.3. The van der Waals surface area contributed by atoms with Crippen molar-refractivity contribution in [2.75, 3.05) is 0 Å². The van der Waals surface area contributed by atoms with Crippen LogP contribution in [0.1, 0.15) is 0 Å². The van der Waals surface area contributed by atoms with E-state index >= 15 is 0 Å². The van der Waals surface area contributed by atoms with Crippen molar-refractivity contribution in [1.29, 1.82) is 0 Å². The van der Waals surface area contributed by atoms with Crippen molar-refractivity contribution in [2.45, 2.75) is 0 Å². The van der Waals surface area contributed by atoms with Crippen LogP contribution >= 0.6 is 0 Å². The maximum atomic E-state index is 7.07. The molecule has 0 amide bonds. The van der Waals surface area contributed by atoms with Gasteiger partial charge >= 0.3 is 0 Å². The van der Waals surface area contributed by atoms with E-state index < -0.39 is 0 Å². The van der Waals surface area contributed by atoms with Gasteiger partial charge in [0.25, 0.3) is 0 Å². The molecule has 0 aliphatic heterocycles. The topological polar surface area (TPSA) is 39.4 Å². The predicted molar refractivity (Wildman–Crippen MR) is 504 cm³/mol. The van der Waals surface area contributed by atoms with Gasteiger partial charge in [-0.05, 0) is 311 Å². The second-order valence-electron chi connectivity index (χ2n) is 32.4. The van der Waals surface area contributed by atoms with Gasteiger partial charge in [-0.2, -0.15) is 0 Å². The van der Waals surface area contributed by atoms with Crippen molar-refractivity contribution in [3.05, 3.63) is 400 Å². The van der Waals surface area contributed by atoms with Gasteiger partial charge in [0.1, 0.15) is 33.5 Å². The Morgan fingerprint density at radius 1 is 0.109 bits per heavy atom. The molecule has 3 heterocycles. The molecular weight excluding hydrogens is 1440 g/mol. The molecule has 0 saturated carbocycles. The molecule has 26 rings (SSSR count). The average molecular weight is 1510 g/mol. The van der Waals surface area contributed by atoms with Crippen molar-refractivity contribution >= 4 is 184 Å². The fraction of sp³-hybridized carbons (Fsp3) is 0. The van der Waals surface area contributed by atoms with E-state index in [1.807, 2.05) is 0 Å². The van der Waals surface area contributed by atoms with Crippen LogP contribution in [0.4, 0.5) is 0 Å². The van der Waals surface area contributed by atoms with Crippen LogP contribution in [-0.2, 0) is 0 Å². The largest absolute Gasteiger partial charge is 0.456 e. The Bertz CT molecular complexity index is 8930. The monoisotopic (exact) mass is 1510 g/mol. The maximum absolute atomic E-state index is 7.07. The van der Waals surface area contributed by atoms with Gasteiger partial charge in [-0.1, -0.05) is 297 Å². The molecule has 548 valence electrons. The molecule has 3 aromatic heterocycles. The minimum atomic E-state index is 0.843. The first-order valence-electron chi connectivity index (χ1n) is 41.0. The number of fused-ring (bicyclic) bond motifs is 20. The van der Waals surface area contributed by atoms with E-state index in [9.17, 15) is 0 Å². The van der Waals surface area contributed by atoms with Gasteiger partial charge in [0.15, 0.2) is 0 Å². The van der Waals surface area contributed by atoms with Crippen molar-refractivity contribution < 1.29 is 13.3 Å². The lowest BCUT2D eigenvalue weighted by Gasteiger charge is -2.21. The molecule has 3 nitrogen and oxygen atoms in total. The molecule has 0 saturated heterocycles. The standard InChI is InChI=1S/C116H66O3/c1-2-21-69(22-3-1)111-90-32-14-15-33-91(90)112(82-43-46-86-98-54-71-24-6-9-27-74(71)61-108(98)117-105(86)64-82)94-49-39-77(57-101(94)111)80-41-51-96-104(60-80)116(89-36-18-30-68-20-12-13-31-85(68)89)97-52-42-79(59-103(97)115(96)84-45-48-88-100-56-73-26-8-11-29-76(73)63-110(100)119-107(88)66-84)78-40-50-95-102(58-78)114(81-38-37-67-19-4-5-23-70(67)53-81)93-35-17-16-34-92(93)113(95)83-44-47-87-99-55-72-25-7-10-28-75(72)62-109(99)118-106(87)65-83/h1-66H. The van der Waals surface area contributed by atoms with E-state index in [2.05, 4.69) is 400 Å². The molecule has 0 bridgehead atoms. The highest BCUT2D eigenvalue weighted by Crippen LogP contribution is 2.53. The average Bonchev–Trinajstić information content (AvgIpc) is 1.10. The van der Waals surface area contributed by atoms with E-state index in [1.54, 1.807) is 0 Å². The SMILES string of the molecule is c1ccc(-c2c3ccccc3c(-c3ccc4c(c3)oc3cc5ccccc5cc34)c3ccc(-c4ccc5c(-c6ccc7c(c6)oc6cc8ccccc8cc67)c6cc(-c7ccc8c(-c9ccc%10c(c9)oc9cc%11ccccc%11cc9%10)c9ccccc9c(-c9ccc%10ccccc%10c9)c8c7)ccc6c(-c6cccc7ccccc67)c5c4)cc23)cc1. The normalized spacial score (nSPS) is 12.2. The smallest absolute Gasteiger partial charge is 0.136 e. The van der Waals surface area contributed by atoms with E-state index in [0.717, 1.165) is 159 Å². The number of hydrogen-bond donors (Lipinski definition) is 0. The molecule has 26 aromatic rings. The molecule has 0 aliphatic rings. The maximum Gasteiger partial charge on any atom is 0.136 e. The molecule has 0 aliphatic carbocycles. The Morgan fingerprint density at radius 2 is 0.370 bits per heavy atom. The lowest BCUT2D eigenvalue weighted by Crippen LogP contribution is -1.94. The highest BCUT2D eigenvalue weighted by Gasteiger charge is 2.26. The summed E-state index contributed by atoms with van der Waals surface area (Å²) >= 11 is 0. The van der Waals surface area contributed by atoms with Crippen molar-refractivity contribution in [3.63, 3.8) is 0 Å². The van der Waals surface area contributed by atoms with E-state index in [0.29, 0.717) is 0 Å². The Kier molecular flexibility index (Phi) is 14.0. The summed E-state index contributed by atoms with van der Waals surface area (Å²) in [5.74, 6) is 0. The molecule has 0 atom stereocenters. The van der Waals surface area contributed by atoms with Crippen molar-refractivity contribution in [3.8, 4) is 89.0 Å². The van der Waals surface area contributed by atoms with Gasteiger partial charge in [0, 0.05) is 32.3 Å². The van der Waals surface area contributed by atoms with E-state index in [-0.39, 0.29) is 0 Å². The van der Waals surface area contributed by atoms with Crippen LogP contribution in [0, 0.1) is 0 Å². The van der Waals surface area contributed by atoms with Gasteiger partial charge < -0.3 is 13.3 Å². The highest BCUT2D eigenvalue weighted by molar-refractivity contribution is 6.29. The molecular formula is C116H66O3. The van der Waals surface area contributed by atoms with Crippen molar-refractivity contribution in [1.82, 2.24) is 0 Å². The summed E-state index contributed by atoms with van der Waals surface area (Å²) in [6, 6.07) is 149. The van der Waals surface area contributed by atoms with E-state index in [4.69, 9.17) is 13.3 Å². The lowest BCUT2D eigenvalue weighted by molar-refractivity contribution is 0.669. The first kappa shape index (κ1) is 65.7. The van der Waals surface area contributed by atoms with Crippen LogP contribution in [-0.4, -0.2) is 0 Å². The summed E-state index contributed by atoms with van der Waals surface area (Å²) in [5.41, 5.74) is 23.5. The summed E-state index contributed by atoms with van der Waals surface area (Å²) in [4.78, 5) is 0. The van der Waals surface area contributed by atoms with Crippen LogP contribution in [0.5, 0.6) is 0 Å². The summed E-state index contributed by atoms with van der Waals surface area (Å²) in [6.45, 7) is 0. The highest BCUT2D eigenvalue weighted by atomic mass is 16.3. The van der Waals surface area contributed by atoms with Gasteiger partial charge in [-0.25, -0.2) is 0 Å². The minimum Gasteiger partial charge on any atom is -0.456 e. The third kappa shape index (κ3) is 10.1. The molecule has 0 radical (unpaired) electrons. The Labute approximate surface area is 682 Å². The minimum absolute atomic E-state index is 0.843. The summed E-state index contributed by atoms with van der Waals surface area (Å²) in [7, 11) is 0. The van der Waals surface area contributed by atoms with Crippen LogP contribution < -0.4 is 0 Å². The predicted octanol–water partition coefficient (Wildman–Crippen LogP) is 33.4. The second kappa shape index (κ2) is 25.4. The summed E-state index contributed by atoms with van der Waals surface area (Å²) < 4.78 is 20.8. The second-order valence-corrected chi connectivity index (χ2v) is 32.4. The zero-order valence-electron chi connectivity index (χ0n) is 64.3. The van der Waals surface area contributed by atoms with Crippen molar-refractivity contribution in [2.24, 2.45) is 0 Å². The Balaban J connectivity index is 0.721. The summed E-state index contributed by atoms with van der Waals surface area (Å²) in [5, 5.41) is 32.5. The Hall–Kier alpha value is -15.7. The number of hydrogen-bond acceptors (Lipinski definition) is 3. The van der Waals surface area contributed by atoms with Crippen LogP contribution in [0.2, 0.25) is 0 Å². The third-order valence-corrected chi connectivity index (χ3v) is 25.9. The molecule has 0 spiro atoms. The first-order chi connectivity index (χ1) is 58.9. The van der Waals surface area contributed by atoms with Crippen LogP contribution in [0.25, 0.3) is 273 Å². The molecule has 23 aromatic carbocycles. The number of rotatable bonds is 8. The molecule has 0 N–H and O–H groups in total. The quantitative estimate of drug-likeness (QED) is 0.142. The molecule has 0 fully saturated rings. The molecule has 3 heteroatoms. The first-order valence-corrected chi connectivity index (χ1v) is 41.0. The molecule has 119 heavy (non-hydrogen) atoms. The lowest BCUT2D eigenvalue weighted by atomic mass is 9.81. The van der Waals surface area contributed by atoms with E-state index in [1.165, 1.54) is 114 Å². The van der Waals surface area contributed by atoms with Gasteiger partial charge in [-0.15, -0.1) is 0 Å². The summed E-state index contributed by atoms with van der Waals surface area (Å²) in [6.07, 6.45) is 0. The van der Waals surface area contributed by atoms with Crippen LogP contribution in [0.3, 0.4) is 0 Å².